The van der Waals surface area contributed by atoms with Crippen molar-refractivity contribution in [2.75, 3.05) is 53.6 Å². The summed E-state index contributed by atoms with van der Waals surface area (Å²) in [7, 11) is 3.08. The Morgan fingerprint density at radius 3 is 2.53 bits per heavy atom. The van der Waals surface area contributed by atoms with Crippen LogP contribution in [0.5, 0.6) is 11.5 Å². The number of hydrogen-bond donors (Lipinski definition) is 1. The van der Waals surface area contributed by atoms with E-state index in [1.807, 2.05) is 30.3 Å². The van der Waals surface area contributed by atoms with Crippen LogP contribution in [0.15, 0.2) is 65.9 Å². The maximum Gasteiger partial charge on any atom is 0.290 e. The minimum atomic E-state index is -0.805. The van der Waals surface area contributed by atoms with Gasteiger partial charge in [-0.05, 0) is 36.3 Å². The SMILES string of the molecule is COc1ccc(OC)c([C@@H]2C(C(=O)/C=C/c3ccccc3)=C(O)C(=O)N2CCCN2CCOCC2)c1. The van der Waals surface area contributed by atoms with Gasteiger partial charge in [0.25, 0.3) is 5.91 Å². The van der Waals surface area contributed by atoms with Gasteiger partial charge in [0.15, 0.2) is 11.5 Å². The molecular weight excluding hydrogens is 460 g/mol. The van der Waals surface area contributed by atoms with Crippen molar-refractivity contribution in [3.05, 3.63) is 77.1 Å². The predicted molar refractivity (Wildman–Crippen MR) is 136 cm³/mol. The average Bonchev–Trinajstić information content (AvgIpc) is 3.17. The number of ketones is 1. The second-order valence-corrected chi connectivity index (χ2v) is 8.69. The first-order valence-corrected chi connectivity index (χ1v) is 12.1. The maximum atomic E-state index is 13.4. The molecule has 36 heavy (non-hydrogen) atoms. The van der Waals surface area contributed by atoms with Gasteiger partial charge in [-0.25, -0.2) is 0 Å². The molecule has 2 aliphatic rings. The van der Waals surface area contributed by atoms with E-state index in [4.69, 9.17) is 14.2 Å². The van der Waals surface area contributed by atoms with Crippen molar-refractivity contribution in [1.82, 2.24) is 9.80 Å². The number of carbonyl (C=O) groups is 2. The lowest BCUT2D eigenvalue weighted by molar-refractivity contribution is -0.129. The highest BCUT2D eigenvalue weighted by Crippen LogP contribution is 2.43. The van der Waals surface area contributed by atoms with E-state index in [0.29, 0.717) is 43.2 Å². The summed E-state index contributed by atoms with van der Waals surface area (Å²) in [5.74, 6) is -0.471. The Hall–Kier alpha value is -3.62. The summed E-state index contributed by atoms with van der Waals surface area (Å²) >= 11 is 0. The lowest BCUT2D eigenvalue weighted by atomic mass is 9.94. The van der Waals surface area contributed by atoms with Gasteiger partial charge in [-0.1, -0.05) is 36.4 Å². The van der Waals surface area contributed by atoms with Crippen LogP contribution in [-0.2, 0) is 14.3 Å². The van der Waals surface area contributed by atoms with E-state index in [1.165, 1.54) is 13.2 Å². The number of nitrogens with zero attached hydrogens (tertiary/aromatic N) is 2. The predicted octanol–water partition coefficient (Wildman–Crippen LogP) is 3.40. The lowest BCUT2D eigenvalue weighted by Gasteiger charge is -2.30. The fraction of sp³-hybridized carbons (Fsp3) is 0.357. The number of methoxy groups -OCH3 is 2. The number of ether oxygens (including phenoxy) is 3. The molecule has 0 radical (unpaired) electrons. The normalized spacial score (nSPS) is 18.8. The highest BCUT2D eigenvalue weighted by atomic mass is 16.5. The second-order valence-electron chi connectivity index (χ2n) is 8.69. The van der Waals surface area contributed by atoms with Crippen molar-refractivity contribution >= 4 is 17.8 Å². The van der Waals surface area contributed by atoms with Crippen LogP contribution < -0.4 is 9.47 Å². The Morgan fingerprint density at radius 1 is 1.08 bits per heavy atom. The molecule has 4 rings (SSSR count). The number of aliphatic hydroxyl groups excluding tert-OH is 1. The Labute approximate surface area is 211 Å². The first-order chi connectivity index (χ1) is 17.5. The van der Waals surface area contributed by atoms with E-state index in [0.717, 1.165) is 25.2 Å². The first kappa shape index (κ1) is 25.5. The van der Waals surface area contributed by atoms with Gasteiger partial charge in [0, 0.05) is 31.7 Å². The largest absolute Gasteiger partial charge is 0.503 e. The zero-order valence-corrected chi connectivity index (χ0v) is 20.7. The van der Waals surface area contributed by atoms with Crippen molar-refractivity contribution in [2.45, 2.75) is 12.5 Å². The van der Waals surface area contributed by atoms with Gasteiger partial charge in [-0.15, -0.1) is 0 Å². The van der Waals surface area contributed by atoms with E-state index in [1.54, 1.807) is 36.3 Å². The maximum absolute atomic E-state index is 13.4. The molecule has 1 saturated heterocycles. The molecule has 2 aliphatic heterocycles. The number of aliphatic hydroxyl groups is 1. The number of allylic oxidation sites excluding steroid dienone is 1. The van der Waals surface area contributed by atoms with E-state index in [-0.39, 0.29) is 5.57 Å². The number of rotatable bonds is 10. The highest BCUT2D eigenvalue weighted by molar-refractivity contribution is 6.14. The van der Waals surface area contributed by atoms with E-state index in [2.05, 4.69) is 4.90 Å². The smallest absolute Gasteiger partial charge is 0.290 e. The molecule has 1 amide bonds. The van der Waals surface area contributed by atoms with Crippen LogP contribution in [0.4, 0.5) is 0 Å². The third-order valence-electron chi connectivity index (χ3n) is 6.50. The molecule has 2 heterocycles. The molecule has 0 saturated carbocycles. The van der Waals surface area contributed by atoms with Gasteiger partial charge in [0.05, 0.1) is 39.0 Å². The number of benzene rings is 2. The summed E-state index contributed by atoms with van der Waals surface area (Å²) < 4.78 is 16.4. The number of hydrogen-bond acceptors (Lipinski definition) is 7. The molecule has 0 spiro atoms. The van der Waals surface area contributed by atoms with E-state index in [9.17, 15) is 14.7 Å². The third kappa shape index (κ3) is 5.61. The summed E-state index contributed by atoms with van der Waals surface area (Å²) in [5.41, 5.74) is 1.45. The average molecular weight is 493 g/mol. The van der Waals surface area contributed by atoms with E-state index < -0.39 is 23.5 Å². The number of amides is 1. The molecule has 2 aromatic rings. The lowest BCUT2D eigenvalue weighted by Crippen LogP contribution is -2.39. The molecule has 1 atom stereocenters. The van der Waals surface area contributed by atoms with Crippen molar-refractivity contribution in [3.63, 3.8) is 0 Å². The van der Waals surface area contributed by atoms with Gasteiger partial charge in [-0.2, -0.15) is 0 Å². The molecule has 8 nitrogen and oxygen atoms in total. The monoisotopic (exact) mass is 492 g/mol. The fourth-order valence-corrected chi connectivity index (χ4v) is 4.63. The van der Waals surface area contributed by atoms with Gasteiger partial charge >= 0.3 is 0 Å². The van der Waals surface area contributed by atoms with Crippen LogP contribution in [-0.4, -0.2) is 80.2 Å². The van der Waals surface area contributed by atoms with Crippen LogP contribution in [0.3, 0.4) is 0 Å². The molecule has 0 unspecified atom stereocenters. The molecular formula is C28H32N2O6. The first-order valence-electron chi connectivity index (χ1n) is 12.1. The minimum absolute atomic E-state index is 0.0325. The number of morpholine rings is 1. The molecule has 0 bridgehead atoms. The minimum Gasteiger partial charge on any atom is -0.503 e. The van der Waals surface area contributed by atoms with Gasteiger partial charge in [0.1, 0.15) is 11.5 Å². The Bertz CT molecular complexity index is 1140. The van der Waals surface area contributed by atoms with Gasteiger partial charge in [0.2, 0.25) is 0 Å². The van der Waals surface area contributed by atoms with Crippen LogP contribution in [0.25, 0.3) is 6.08 Å². The molecule has 2 aromatic carbocycles. The Balaban J connectivity index is 1.66. The second kappa shape index (κ2) is 11.9. The van der Waals surface area contributed by atoms with Crippen LogP contribution in [0, 0.1) is 0 Å². The molecule has 8 heteroatoms. The summed E-state index contributed by atoms with van der Waals surface area (Å²) in [6.45, 7) is 4.23. The van der Waals surface area contributed by atoms with Crippen molar-refractivity contribution in [2.24, 2.45) is 0 Å². The molecule has 1 fully saturated rings. The molecule has 0 aliphatic carbocycles. The van der Waals surface area contributed by atoms with Crippen LogP contribution in [0.1, 0.15) is 23.6 Å². The van der Waals surface area contributed by atoms with Gasteiger partial charge in [-0.3, -0.25) is 14.5 Å². The molecule has 190 valence electrons. The Kier molecular flexibility index (Phi) is 8.40. The van der Waals surface area contributed by atoms with Gasteiger partial charge < -0.3 is 24.2 Å². The zero-order valence-electron chi connectivity index (χ0n) is 20.7. The highest BCUT2D eigenvalue weighted by Gasteiger charge is 2.44. The fourth-order valence-electron chi connectivity index (χ4n) is 4.63. The van der Waals surface area contributed by atoms with Crippen LogP contribution in [0.2, 0.25) is 0 Å². The Morgan fingerprint density at radius 2 is 1.83 bits per heavy atom. The van der Waals surface area contributed by atoms with Crippen molar-refractivity contribution in [1.29, 1.82) is 0 Å². The summed E-state index contributed by atoms with van der Waals surface area (Å²) in [5, 5.41) is 10.9. The quantitative estimate of drug-likeness (QED) is 0.509. The third-order valence-corrected chi connectivity index (χ3v) is 6.50. The summed E-state index contributed by atoms with van der Waals surface area (Å²) in [6.07, 6.45) is 3.75. The zero-order chi connectivity index (χ0) is 25.5. The summed E-state index contributed by atoms with van der Waals surface area (Å²) in [4.78, 5) is 30.5. The standard InChI is InChI=1S/C28H32N2O6/c1-34-21-10-12-24(35-2)22(19-21)26-25(23(31)11-9-20-7-4-3-5-8-20)27(32)28(33)30(26)14-6-13-29-15-17-36-18-16-29/h3-5,7-12,19,26,32H,6,13-18H2,1-2H3/b11-9+/t26-/m1/s1. The topological polar surface area (TPSA) is 88.5 Å². The molecule has 1 N–H and O–H groups in total. The number of carbonyl (C=O) groups excluding carboxylic acids is 2. The van der Waals surface area contributed by atoms with Crippen molar-refractivity contribution < 1.29 is 28.9 Å². The van der Waals surface area contributed by atoms with Crippen molar-refractivity contribution in [3.8, 4) is 11.5 Å². The van der Waals surface area contributed by atoms with E-state index >= 15 is 0 Å². The molecule has 0 aromatic heterocycles. The summed E-state index contributed by atoms with van der Waals surface area (Å²) in [6, 6.07) is 13.8. The van der Waals surface area contributed by atoms with Crippen LogP contribution >= 0.6 is 0 Å².